The van der Waals surface area contributed by atoms with Crippen molar-refractivity contribution in [3.05, 3.63) is 29.3 Å². The summed E-state index contributed by atoms with van der Waals surface area (Å²) in [6.07, 6.45) is -0.248. The second-order valence-corrected chi connectivity index (χ2v) is 7.83. The Labute approximate surface area is 129 Å². The van der Waals surface area contributed by atoms with E-state index in [1.54, 1.807) is 38.2 Å². The standard InChI is InChI=1S/C14H18ClNO4S/c1-10(20-13-6-4-3-5-12(13)15)14(17)16(2)11-7-8-21(18,19)9-11/h3-6,10-11H,7-9H2,1-2H3/t10-,11+/m1/s1. The summed E-state index contributed by atoms with van der Waals surface area (Å²) >= 11 is 5.99. The number of nitrogens with zero attached hydrogens (tertiary/aromatic N) is 1. The fourth-order valence-corrected chi connectivity index (χ4v) is 4.28. The second-order valence-electron chi connectivity index (χ2n) is 5.20. The van der Waals surface area contributed by atoms with Crippen molar-refractivity contribution in [3.8, 4) is 5.75 Å². The first-order chi connectivity index (χ1) is 9.80. The molecule has 7 heteroatoms. The highest BCUT2D eigenvalue weighted by Crippen LogP contribution is 2.25. The molecule has 2 atom stereocenters. The molecule has 1 aliphatic heterocycles. The van der Waals surface area contributed by atoms with Crippen molar-refractivity contribution in [2.75, 3.05) is 18.6 Å². The lowest BCUT2D eigenvalue weighted by atomic mass is 10.2. The summed E-state index contributed by atoms with van der Waals surface area (Å²) < 4.78 is 28.5. The highest BCUT2D eigenvalue weighted by atomic mass is 35.5. The fraction of sp³-hybridized carbons (Fsp3) is 0.500. The largest absolute Gasteiger partial charge is 0.479 e. The number of carbonyl (C=O) groups excluding carboxylic acids is 1. The molecule has 1 aliphatic rings. The fourth-order valence-electron chi connectivity index (χ4n) is 2.33. The molecule has 0 saturated carbocycles. The number of hydrogen-bond acceptors (Lipinski definition) is 4. The molecule has 21 heavy (non-hydrogen) atoms. The van der Waals surface area contributed by atoms with E-state index >= 15 is 0 Å². The maximum atomic E-state index is 12.3. The van der Waals surface area contributed by atoms with Crippen LogP contribution in [0.5, 0.6) is 5.75 Å². The van der Waals surface area contributed by atoms with Crippen LogP contribution in [0.15, 0.2) is 24.3 Å². The van der Waals surface area contributed by atoms with Gasteiger partial charge < -0.3 is 9.64 Å². The molecule has 2 rings (SSSR count). The molecule has 0 N–H and O–H groups in total. The third-order valence-electron chi connectivity index (χ3n) is 3.59. The van der Waals surface area contributed by atoms with Crippen LogP contribution in [-0.2, 0) is 14.6 Å². The SMILES string of the molecule is C[C@@H](Oc1ccccc1Cl)C(=O)N(C)[C@H]1CCS(=O)(=O)C1. The zero-order chi connectivity index (χ0) is 15.6. The number of para-hydroxylation sites is 1. The normalized spacial score (nSPS) is 21.8. The Bertz CT molecular complexity index is 632. The zero-order valence-corrected chi connectivity index (χ0v) is 13.5. The van der Waals surface area contributed by atoms with E-state index in [4.69, 9.17) is 16.3 Å². The van der Waals surface area contributed by atoms with Gasteiger partial charge in [0.05, 0.1) is 16.5 Å². The van der Waals surface area contributed by atoms with E-state index in [2.05, 4.69) is 0 Å². The monoisotopic (exact) mass is 331 g/mol. The molecule has 0 radical (unpaired) electrons. The Morgan fingerprint density at radius 3 is 2.67 bits per heavy atom. The highest BCUT2D eigenvalue weighted by Gasteiger charge is 2.34. The quantitative estimate of drug-likeness (QED) is 0.843. The van der Waals surface area contributed by atoms with Gasteiger partial charge >= 0.3 is 0 Å². The van der Waals surface area contributed by atoms with E-state index in [9.17, 15) is 13.2 Å². The summed E-state index contributed by atoms with van der Waals surface area (Å²) in [7, 11) is -1.41. The summed E-state index contributed by atoms with van der Waals surface area (Å²) in [6, 6.07) is 6.64. The van der Waals surface area contributed by atoms with Crippen LogP contribution < -0.4 is 4.74 Å². The summed E-state index contributed by atoms with van der Waals surface area (Å²) in [5.74, 6) is 0.341. The number of likely N-dealkylation sites (N-methyl/N-ethyl adjacent to an activating group) is 1. The summed E-state index contributed by atoms with van der Waals surface area (Å²) in [4.78, 5) is 13.8. The number of ether oxygens (including phenoxy) is 1. The molecule has 116 valence electrons. The summed E-state index contributed by atoms with van der Waals surface area (Å²) in [5, 5.41) is 0.434. The topological polar surface area (TPSA) is 63.7 Å². The van der Waals surface area contributed by atoms with E-state index in [1.165, 1.54) is 4.90 Å². The van der Waals surface area contributed by atoms with Gasteiger partial charge in [-0.25, -0.2) is 8.42 Å². The minimum absolute atomic E-state index is 0.0219. The predicted molar refractivity (Wildman–Crippen MR) is 81.4 cm³/mol. The Balaban J connectivity index is 2.01. The minimum Gasteiger partial charge on any atom is -0.479 e. The first kappa shape index (κ1) is 16.1. The van der Waals surface area contributed by atoms with Crippen LogP contribution in [0, 0.1) is 0 Å². The van der Waals surface area contributed by atoms with Crippen molar-refractivity contribution >= 4 is 27.3 Å². The van der Waals surface area contributed by atoms with E-state index in [-0.39, 0.29) is 23.5 Å². The molecule has 5 nitrogen and oxygen atoms in total. The van der Waals surface area contributed by atoms with Gasteiger partial charge in [0, 0.05) is 13.1 Å². The van der Waals surface area contributed by atoms with Gasteiger partial charge in [-0.15, -0.1) is 0 Å². The number of halogens is 1. The third kappa shape index (κ3) is 3.89. The molecule has 1 fully saturated rings. The van der Waals surface area contributed by atoms with Crippen molar-refractivity contribution in [1.29, 1.82) is 0 Å². The van der Waals surface area contributed by atoms with E-state index < -0.39 is 15.9 Å². The van der Waals surface area contributed by atoms with Crippen LogP contribution in [0.25, 0.3) is 0 Å². The Morgan fingerprint density at radius 2 is 2.10 bits per heavy atom. The Morgan fingerprint density at radius 1 is 1.43 bits per heavy atom. The first-order valence-corrected chi connectivity index (χ1v) is 8.88. The number of carbonyl (C=O) groups is 1. The van der Waals surface area contributed by atoms with Gasteiger partial charge in [0.15, 0.2) is 15.9 Å². The first-order valence-electron chi connectivity index (χ1n) is 6.68. The summed E-state index contributed by atoms with van der Waals surface area (Å²) in [5.41, 5.74) is 0. The number of sulfone groups is 1. The minimum atomic E-state index is -3.02. The summed E-state index contributed by atoms with van der Waals surface area (Å²) in [6.45, 7) is 1.63. The molecule has 1 aromatic carbocycles. The lowest BCUT2D eigenvalue weighted by Crippen LogP contribution is -2.44. The van der Waals surface area contributed by atoms with Crippen molar-refractivity contribution in [1.82, 2.24) is 4.90 Å². The molecule has 0 bridgehead atoms. The molecular formula is C14H18ClNO4S. The van der Waals surface area contributed by atoms with E-state index in [0.717, 1.165) is 0 Å². The molecule has 0 aliphatic carbocycles. The van der Waals surface area contributed by atoms with Gasteiger partial charge in [-0.05, 0) is 25.5 Å². The lowest BCUT2D eigenvalue weighted by molar-refractivity contribution is -0.138. The molecule has 1 saturated heterocycles. The van der Waals surface area contributed by atoms with Gasteiger partial charge in [-0.3, -0.25) is 4.79 Å². The van der Waals surface area contributed by atoms with Gasteiger partial charge in [0.2, 0.25) is 0 Å². The van der Waals surface area contributed by atoms with Crippen molar-refractivity contribution < 1.29 is 17.9 Å². The van der Waals surface area contributed by atoms with Crippen molar-refractivity contribution in [2.24, 2.45) is 0 Å². The van der Waals surface area contributed by atoms with Crippen LogP contribution in [-0.4, -0.2) is 49.9 Å². The molecule has 0 aromatic heterocycles. The molecule has 1 heterocycles. The number of amides is 1. The van der Waals surface area contributed by atoms with E-state index in [0.29, 0.717) is 17.2 Å². The van der Waals surface area contributed by atoms with Crippen LogP contribution in [0.2, 0.25) is 5.02 Å². The van der Waals surface area contributed by atoms with Crippen molar-refractivity contribution in [2.45, 2.75) is 25.5 Å². The maximum Gasteiger partial charge on any atom is 0.263 e. The van der Waals surface area contributed by atoms with Gasteiger partial charge in [0.1, 0.15) is 5.75 Å². The number of rotatable bonds is 4. The van der Waals surface area contributed by atoms with Gasteiger partial charge in [-0.1, -0.05) is 23.7 Å². The number of hydrogen-bond donors (Lipinski definition) is 0. The van der Waals surface area contributed by atoms with E-state index in [1.807, 2.05) is 0 Å². The average molecular weight is 332 g/mol. The van der Waals surface area contributed by atoms with Crippen LogP contribution in [0.4, 0.5) is 0 Å². The smallest absolute Gasteiger partial charge is 0.263 e. The molecule has 1 amide bonds. The predicted octanol–water partition coefficient (Wildman–Crippen LogP) is 1.75. The average Bonchev–Trinajstić information content (AvgIpc) is 2.80. The molecular weight excluding hydrogens is 314 g/mol. The van der Waals surface area contributed by atoms with Crippen molar-refractivity contribution in [3.63, 3.8) is 0 Å². The van der Waals surface area contributed by atoms with Crippen LogP contribution >= 0.6 is 11.6 Å². The third-order valence-corrected chi connectivity index (χ3v) is 5.65. The van der Waals surface area contributed by atoms with Crippen LogP contribution in [0.3, 0.4) is 0 Å². The maximum absolute atomic E-state index is 12.3. The molecule has 0 spiro atoms. The Hall–Kier alpha value is -1.27. The second kappa shape index (κ2) is 6.23. The number of benzene rings is 1. The Kier molecular flexibility index (Phi) is 4.78. The lowest BCUT2D eigenvalue weighted by Gasteiger charge is -2.26. The molecule has 1 aromatic rings. The zero-order valence-electron chi connectivity index (χ0n) is 12.0. The van der Waals surface area contributed by atoms with Crippen LogP contribution in [0.1, 0.15) is 13.3 Å². The van der Waals surface area contributed by atoms with Gasteiger partial charge in [0.25, 0.3) is 5.91 Å². The highest BCUT2D eigenvalue weighted by molar-refractivity contribution is 7.91. The molecule has 0 unspecified atom stereocenters. The van der Waals surface area contributed by atoms with Gasteiger partial charge in [-0.2, -0.15) is 0 Å².